The van der Waals surface area contributed by atoms with Gasteiger partial charge in [-0.05, 0) is 24.3 Å². The van der Waals surface area contributed by atoms with Crippen molar-refractivity contribution in [3.8, 4) is 17.2 Å². The third-order valence-corrected chi connectivity index (χ3v) is 2.46. The number of nitrogens with two attached hydrogens (primary N) is 1. The van der Waals surface area contributed by atoms with Gasteiger partial charge < -0.3 is 15.2 Å². The molecule has 0 fully saturated rings. The Morgan fingerprint density at radius 3 is 2.37 bits per heavy atom. The highest BCUT2D eigenvalue weighted by molar-refractivity contribution is 5.53. The molecule has 0 bridgehead atoms. The lowest BCUT2D eigenvalue weighted by Crippen LogP contribution is -1.93. The van der Waals surface area contributed by atoms with Crippen LogP contribution in [0.15, 0.2) is 42.5 Å². The Labute approximate surface area is 109 Å². The molecule has 0 aromatic heterocycles. The molecule has 0 radical (unpaired) electrons. The van der Waals surface area contributed by atoms with Gasteiger partial charge in [0.2, 0.25) is 0 Å². The molecular weight excluding hydrogens is 248 g/mol. The molecule has 0 amide bonds. The molecule has 2 aromatic carbocycles. The molecule has 0 aliphatic rings. The first kappa shape index (κ1) is 12.7. The summed E-state index contributed by atoms with van der Waals surface area (Å²) in [5.41, 5.74) is 6.21. The van der Waals surface area contributed by atoms with Gasteiger partial charge >= 0.3 is 0 Å². The van der Waals surface area contributed by atoms with Crippen LogP contribution in [0.2, 0.25) is 0 Å². The molecule has 0 heterocycles. The van der Waals surface area contributed by atoms with Crippen molar-refractivity contribution in [2.75, 3.05) is 12.8 Å². The number of benzene rings is 2. The molecule has 0 aliphatic carbocycles. The van der Waals surface area contributed by atoms with E-state index >= 15 is 0 Å². The quantitative estimate of drug-likeness (QED) is 0.518. The SMILES string of the molecule is COc1cc(N)ccc1Oc1ccc([N+](=O)[O-])cc1. The van der Waals surface area contributed by atoms with Crippen LogP contribution in [0.1, 0.15) is 0 Å². The Morgan fingerprint density at radius 2 is 1.79 bits per heavy atom. The van der Waals surface area contributed by atoms with E-state index in [4.69, 9.17) is 15.2 Å². The van der Waals surface area contributed by atoms with Crippen LogP contribution in [0.4, 0.5) is 11.4 Å². The van der Waals surface area contributed by atoms with E-state index in [9.17, 15) is 10.1 Å². The lowest BCUT2D eigenvalue weighted by atomic mass is 10.2. The number of non-ortho nitro benzene ring substituents is 1. The summed E-state index contributed by atoms with van der Waals surface area (Å²) >= 11 is 0. The molecule has 2 aromatic rings. The molecule has 0 spiro atoms. The van der Waals surface area contributed by atoms with Crippen LogP contribution in [0, 0.1) is 10.1 Å². The molecule has 6 heteroatoms. The fraction of sp³-hybridized carbons (Fsp3) is 0.0769. The number of nitro benzene ring substituents is 1. The molecular formula is C13H12N2O4. The second-order valence-electron chi connectivity index (χ2n) is 3.76. The van der Waals surface area contributed by atoms with E-state index in [0.29, 0.717) is 22.9 Å². The number of nitrogen functional groups attached to an aromatic ring is 1. The van der Waals surface area contributed by atoms with Gasteiger partial charge in [0, 0.05) is 23.9 Å². The number of anilines is 1. The van der Waals surface area contributed by atoms with Crippen molar-refractivity contribution in [2.24, 2.45) is 0 Å². The predicted octanol–water partition coefficient (Wildman–Crippen LogP) is 2.98. The minimum absolute atomic E-state index is 0.0108. The number of rotatable bonds is 4. The van der Waals surface area contributed by atoms with Crippen LogP contribution in [0.25, 0.3) is 0 Å². The van der Waals surface area contributed by atoms with Crippen molar-refractivity contribution >= 4 is 11.4 Å². The van der Waals surface area contributed by atoms with E-state index in [2.05, 4.69) is 0 Å². The van der Waals surface area contributed by atoms with Crippen molar-refractivity contribution in [3.63, 3.8) is 0 Å². The van der Waals surface area contributed by atoms with Crippen LogP contribution in [-0.2, 0) is 0 Å². The van der Waals surface area contributed by atoms with Gasteiger partial charge in [-0.25, -0.2) is 0 Å². The summed E-state index contributed by atoms with van der Waals surface area (Å²) < 4.78 is 10.7. The fourth-order valence-electron chi connectivity index (χ4n) is 1.53. The summed E-state index contributed by atoms with van der Waals surface area (Å²) in [6.45, 7) is 0. The highest BCUT2D eigenvalue weighted by Crippen LogP contribution is 2.33. The van der Waals surface area contributed by atoms with E-state index in [1.54, 1.807) is 18.2 Å². The molecule has 0 atom stereocenters. The third kappa shape index (κ3) is 2.92. The van der Waals surface area contributed by atoms with Crippen molar-refractivity contribution in [1.82, 2.24) is 0 Å². The molecule has 2 N–H and O–H groups in total. The number of ether oxygens (including phenoxy) is 2. The summed E-state index contributed by atoms with van der Waals surface area (Å²) in [5.74, 6) is 1.47. The summed E-state index contributed by atoms with van der Waals surface area (Å²) in [6.07, 6.45) is 0. The number of hydrogen-bond donors (Lipinski definition) is 1. The number of methoxy groups -OCH3 is 1. The number of nitrogens with zero attached hydrogens (tertiary/aromatic N) is 1. The van der Waals surface area contributed by atoms with Crippen molar-refractivity contribution in [1.29, 1.82) is 0 Å². The third-order valence-electron chi connectivity index (χ3n) is 2.46. The topological polar surface area (TPSA) is 87.6 Å². The van der Waals surface area contributed by atoms with Crippen molar-refractivity contribution in [2.45, 2.75) is 0 Å². The maximum Gasteiger partial charge on any atom is 0.269 e. The van der Waals surface area contributed by atoms with Gasteiger partial charge in [-0.2, -0.15) is 0 Å². The Morgan fingerprint density at radius 1 is 1.11 bits per heavy atom. The molecule has 2 rings (SSSR count). The molecule has 0 saturated carbocycles. The van der Waals surface area contributed by atoms with E-state index in [1.807, 2.05) is 0 Å². The molecule has 0 aliphatic heterocycles. The van der Waals surface area contributed by atoms with Gasteiger partial charge in [0.05, 0.1) is 12.0 Å². The normalized spacial score (nSPS) is 9.95. The van der Waals surface area contributed by atoms with Gasteiger partial charge in [0.15, 0.2) is 11.5 Å². The van der Waals surface area contributed by atoms with E-state index in [0.717, 1.165) is 0 Å². The Balaban J connectivity index is 2.23. The summed E-state index contributed by atoms with van der Waals surface area (Å²) in [7, 11) is 1.51. The van der Waals surface area contributed by atoms with Crippen LogP contribution in [0.5, 0.6) is 17.2 Å². The molecule has 0 unspecified atom stereocenters. The average molecular weight is 260 g/mol. The zero-order valence-corrected chi connectivity index (χ0v) is 10.2. The molecule has 19 heavy (non-hydrogen) atoms. The minimum atomic E-state index is -0.465. The highest BCUT2D eigenvalue weighted by atomic mass is 16.6. The van der Waals surface area contributed by atoms with Crippen LogP contribution >= 0.6 is 0 Å². The van der Waals surface area contributed by atoms with E-state index in [1.165, 1.54) is 31.4 Å². The van der Waals surface area contributed by atoms with Gasteiger partial charge in [-0.1, -0.05) is 0 Å². The van der Waals surface area contributed by atoms with Crippen LogP contribution in [-0.4, -0.2) is 12.0 Å². The maximum atomic E-state index is 10.5. The van der Waals surface area contributed by atoms with Gasteiger partial charge in [0.1, 0.15) is 5.75 Å². The van der Waals surface area contributed by atoms with E-state index in [-0.39, 0.29) is 5.69 Å². The fourth-order valence-corrected chi connectivity index (χ4v) is 1.53. The lowest BCUT2D eigenvalue weighted by Gasteiger charge is -2.10. The van der Waals surface area contributed by atoms with Crippen molar-refractivity contribution < 1.29 is 14.4 Å². The number of nitro groups is 1. The summed E-state index contributed by atoms with van der Waals surface area (Å²) in [4.78, 5) is 10.1. The molecule has 0 saturated heterocycles. The average Bonchev–Trinajstić information content (AvgIpc) is 2.41. The van der Waals surface area contributed by atoms with Gasteiger partial charge in [-0.3, -0.25) is 10.1 Å². The standard InChI is InChI=1S/C13H12N2O4/c1-18-13-8-9(14)2-7-12(13)19-11-5-3-10(4-6-11)15(16)17/h2-8H,14H2,1H3. The molecule has 98 valence electrons. The summed E-state index contributed by atoms with van der Waals surface area (Å²) in [5, 5.41) is 10.5. The maximum absolute atomic E-state index is 10.5. The zero-order chi connectivity index (χ0) is 13.8. The first-order chi connectivity index (χ1) is 9.10. The monoisotopic (exact) mass is 260 g/mol. The summed E-state index contributed by atoms with van der Waals surface area (Å²) in [6, 6.07) is 10.8. The second-order valence-corrected chi connectivity index (χ2v) is 3.76. The van der Waals surface area contributed by atoms with E-state index < -0.39 is 4.92 Å². The Hall–Kier alpha value is -2.76. The predicted molar refractivity (Wildman–Crippen MR) is 70.6 cm³/mol. The van der Waals surface area contributed by atoms with Gasteiger partial charge in [0.25, 0.3) is 5.69 Å². The Kier molecular flexibility index (Phi) is 3.51. The molecule has 6 nitrogen and oxygen atoms in total. The van der Waals surface area contributed by atoms with Crippen molar-refractivity contribution in [3.05, 3.63) is 52.6 Å². The second kappa shape index (κ2) is 5.26. The Bertz CT molecular complexity index is 596. The zero-order valence-electron chi connectivity index (χ0n) is 10.2. The van der Waals surface area contributed by atoms with Gasteiger partial charge in [-0.15, -0.1) is 0 Å². The first-order valence-corrected chi connectivity index (χ1v) is 5.46. The van der Waals surface area contributed by atoms with Crippen LogP contribution in [0.3, 0.4) is 0 Å². The lowest BCUT2D eigenvalue weighted by molar-refractivity contribution is -0.384. The van der Waals surface area contributed by atoms with Crippen LogP contribution < -0.4 is 15.2 Å². The smallest absolute Gasteiger partial charge is 0.269 e. The highest BCUT2D eigenvalue weighted by Gasteiger charge is 2.08. The first-order valence-electron chi connectivity index (χ1n) is 5.46. The minimum Gasteiger partial charge on any atom is -0.493 e. The number of hydrogen-bond acceptors (Lipinski definition) is 5. The largest absolute Gasteiger partial charge is 0.493 e.